The van der Waals surface area contributed by atoms with E-state index in [1.165, 1.54) is 0 Å². The molecule has 5 heteroatoms. The Morgan fingerprint density at radius 2 is 1.62 bits per heavy atom. The van der Waals surface area contributed by atoms with E-state index in [0.717, 1.165) is 29.9 Å². The normalized spacial score (nSPS) is 12.2. The van der Waals surface area contributed by atoms with Gasteiger partial charge in [0.2, 0.25) is 0 Å². The molecule has 1 rings (SSSR count). The second-order valence-corrected chi connectivity index (χ2v) is 6.41. The third-order valence-electron chi connectivity index (χ3n) is 3.44. The minimum absolute atomic E-state index is 0.321. The Labute approximate surface area is 145 Å². The highest BCUT2D eigenvalue weighted by atomic mass is 16.5. The molecule has 0 amide bonds. The van der Waals surface area contributed by atoms with Gasteiger partial charge in [-0.25, -0.2) is 0 Å². The summed E-state index contributed by atoms with van der Waals surface area (Å²) < 4.78 is 11.4. The van der Waals surface area contributed by atoms with E-state index in [2.05, 4.69) is 19.2 Å². The summed E-state index contributed by atoms with van der Waals surface area (Å²) >= 11 is 0. The van der Waals surface area contributed by atoms with Gasteiger partial charge in [-0.2, -0.15) is 0 Å². The summed E-state index contributed by atoms with van der Waals surface area (Å²) in [6, 6.07) is 5.22. The third-order valence-corrected chi connectivity index (χ3v) is 3.44. The van der Waals surface area contributed by atoms with E-state index in [9.17, 15) is 9.90 Å². The molecule has 24 heavy (non-hydrogen) atoms. The molecule has 0 unspecified atom stereocenters. The SMILES string of the molecule is CCCOc1cc(CN[C@@H](CC(C)C)C(=O)O)cc(OCCC)c1. The van der Waals surface area contributed by atoms with Crippen molar-refractivity contribution in [2.45, 2.75) is 59.5 Å². The van der Waals surface area contributed by atoms with Gasteiger partial charge < -0.3 is 19.9 Å². The zero-order chi connectivity index (χ0) is 17.9. The van der Waals surface area contributed by atoms with Gasteiger partial charge >= 0.3 is 5.97 Å². The molecule has 1 aromatic carbocycles. The standard InChI is InChI=1S/C19H31NO4/c1-5-7-23-16-10-15(11-17(12-16)24-8-6-2)13-20-18(19(21)22)9-14(3)4/h10-12,14,18,20H,5-9,13H2,1-4H3,(H,21,22)/t18-/m0/s1. The predicted octanol–water partition coefficient (Wildman–Crippen LogP) is 3.85. The third kappa shape index (κ3) is 7.68. The van der Waals surface area contributed by atoms with Gasteiger partial charge in [0.25, 0.3) is 0 Å². The van der Waals surface area contributed by atoms with Crippen molar-refractivity contribution in [3.63, 3.8) is 0 Å². The molecule has 1 atom stereocenters. The first kappa shape index (κ1) is 20.3. The van der Waals surface area contributed by atoms with E-state index in [1.807, 2.05) is 32.0 Å². The molecule has 0 spiro atoms. The summed E-state index contributed by atoms with van der Waals surface area (Å²) in [7, 11) is 0. The highest BCUT2D eigenvalue weighted by molar-refractivity contribution is 5.73. The lowest BCUT2D eigenvalue weighted by Crippen LogP contribution is -2.37. The van der Waals surface area contributed by atoms with Crippen molar-refractivity contribution in [2.75, 3.05) is 13.2 Å². The Morgan fingerprint density at radius 1 is 1.08 bits per heavy atom. The van der Waals surface area contributed by atoms with Crippen LogP contribution in [0.4, 0.5) is 0 Å². The Bertz CT molecular complexity index is 476. The summed E-state index contributed by atoms with van der Waals surface area (Å²) in [6.07, 6.45) is 2.47. The molecule has 1 aromatic rings. The van der Waals surface area contributed by atoms with Gasteiger partial charge in [-0.1, -0.05) is 27.7 Å². The Kier molecular flexibility index (Phi) is 9.23. The lowest BCUT2D eigenvalue weighted by molar-refractivity contribution is -0.140. The van der Waals surface area contributed by atoms with E-state index in [4.69, 9.17) is 9.47 Å². The van der Waals surface area contributed by atoms with Crippen LogP contribution in [-0.2, 0) is 11.3 Å². The second kappa shape index (κ2) is 10.9. The molecule has 0 saturated carbocycles. The lowest BCUT2D eigenvalue weighted by atomic mass is 10.0. The van der Waals surface area contributed by atoms with Crippen LogP contribution >= 0.6 is 0 Å². The van der Waals surface area contributed by atoms with Crippen LogP contribution in [0, 0.1) is 5.92 Å². The zero-order valence-corrected chi connectivity index (χ0v) is 15.3. The first-order valence-electron chi connectivity index (χ1n) is 8.82. The minimum atomic E-state index is -0.815. The van der Waals surface area contributed by atoms with Crippen molar-refractivity contribution in [3.05, 3.63) is 23.8 Å². The Balaban J connectivity index is 2.81. The average molecular weight is 337 g/mol. The molecule has 0 aliphatic carbocycles. The smallest absolute Gasteiger partial charge is 0.320 e. The molecule has 0 radical (unpaired) electrons. The van der Waals surface area contributed by atoms with Gasteiger partial charge in [-0.3, -0.25) is 4.79 Å². The van der Waals surface area contributed by atoms with E-state index in [0.29, 0.717) is 32.1 Å². The van der Waals surface area contributed by atoms with Crippen LogP contribution in [0.5, 0.6) is 11.5 Å². The van der Waals surface area contributed by atoms with Crippen LogP contribution in [0.15, 0.2) is 18.2 Å². The van der Waals surface area contributed by atoms with Crippen molar-refractivity contribution in [3.8, 4) is 11.5 Å². The van der Waals surface area contributed by atoms with Crippen LogP contribution in [0.1, 0.15) is 52.5 Å². The number of carboxylic acid groups (broad SMARTS) is 1. The van der Waals surface area contributed by atoms with E-state index < -0.39 is 12.0 Å². The largest absolute Gasteiger partial charge is 0.493 e. The number of hydrogen-bond donors (Lipinski definition) is 2. The van der Waals surface area contributed by atoms with Crippen LogP contribution in [0.25, 0.3) is 0 Å². The summed E-state index contributed by atoms with van der Waals surface area (Å²) in [5.74, 6) is 1.03. The van der Waals surface area contributed by atoms with E-state index in [-0.39, 0.29) is 0 Å². The van der Waals surface area contributed by atoms with Crippen molar-refractivity contribution in [1.82, 2.24) is 5.32 Å². The molecular weight excluding hydrogens is 306 g/mol. The summed E-state index contributed by atoms with van der Waals surface area (Å²) in [5.41, 5.74) is 0.963. The summed E-state index contributed by atoms with van der Waals surface area (Å²) in [6.45, 7) is 9.92. The van der Waals surface area contributed by atoms with Crippen LogP contribution in [0.2, 0.25) is 0 Å². The fraction of sp³-hybridized carbons (Fsp3) is 0.632. The molecule has 0 fully saturated rings. The van der Waals surface area contributed by atoms with Crippen molar-refractivity contribution in [2.24, 2.45) is 5.92 Å². The van der Waals surface area contributed by atoms with Crippen molar-refractivity contribution in [1.29, 1.82) is 0 Å². The molecule has 136 valence electrons. The molecule has 0 heterocycles. The van der Waals surface area contributed by atoms with Crippen LogP contribution < -0.4 is 14.8 Å². The average Bonchev–Trinajstić information content (AvgIpc) is 2.54. The maximum absolute atomic E-state index is 11.4. The van der Waals surface area contributed by atoms with E-state index >= 15 is 0 Å². The topological polar surface area (TPSA) is 67.8 Å². The number of rotatable bonds is 12. The molecule has 0 aromatic heterocycles. The minimum Gasteiger partial charge on any atom is -0.493 e. The molecule has 0 bridgehead atoms. The number of carboxylic acids is 1. The second-order valence-electron chi connectivity index (χ2n) is 6.41. The number of ether oxygens (including phenoxy) is 2. The molecule has 0 saturated heterocycles. The predicted molar refractivity (Wildman–Crippen MR) is 95.7 cm³/mol. The maximum Gasteiger partial charge on any atom is 0.320 e. The Hall–Kier alpha value is -1.75. The first-order valence-corrected chi connectivity index (χ1v) is 8.82. The highest BCUT2D eigenvalue weighted by Crippen LogP contribution is 2.24. The fourth-order valence-corrected chi connectivity index (χ4v) is 2.32. The van der Waals surface area contributed by atoms with Gasteiger partial charge in [0.1, 0.15) is 17.5 Å². The lowest BCUT2D eigenvalue weighted by Gasteiger charge is -2.17. The molecule has 2 N–H and O–H groups in total. The number of hydrogen-bond acceptors (Lipinski definition) is 4. The Morgan fingerprint density at radius 3 is 2.04 bits per heavy atom. The molecule has 5 nitrogen and oxygen atoms in total. The van der Waals surface area contributed by atoms with Crippen molar-refractivity contribution < 1.29 is 19.4 Å². The first-order chi connectivity index (χ1) is 11.5. The van der Waals surface area contributed by atoms with Gasteiger partial charge in [0, 0.05) is 12.6 Å². The molecular formula is C19H31NO4. The zero-order valence-electron chi connectivity index (χ0n) is 15.3. The van der Waals surface area contributed by atoms with E-state index in [1.54, 1.807) is 0 Å². The summed E-state index contributed by atoms with van der Waals surface area (Å²) in [5, 5.41) is 12.5. The van der Waals surface area contributed by atoms with Crippen LogP contribution in [0.3, 0.4) is 0 Å². The number of aliphatic carboxylic acids is 1. The van der Waals surface area contributed by atoms with Gasteiger partial charge in [-0.05, 0) is 42.9 Å². The monoisotopic (exact) mass is 337 g/mol. The van der Waals surface area contributed by atoms with Gasteiger partial charge in [-0.15, -0.1) is 0 Å². The highest BCUT2D eigenvalue weighted by Gasteiger charge is 2.18. The summed E-state index contributed by atoms with van der Waals surface area (Å²) in [4.78, 5) is 11.4. The van der Waals surface area contributed by atoms with Crippen molar-refractivity contribution >= 4 is 5.97 Å². The fourth-order valence-electron chi connectivity index (χ4n) is 2.32. The quantitative estimate of drug-likeness (QED) is 0.606. The number of carbonyl (C=O) groups is 1. The maximum atomic E-state index is 11.4. The number of nitrogens with one attached hydrogen (secondary N) is 1. The molecule has 0 aliphatic rings. The number of benzene rings is 1. The molecule has 0 aliphatic heterocycles. The van der Waals surface area contributed by atoms with Crippen LogP contribution in [-0.4, -0.2) is 30.3 Å². The van der Waals surface area contributed by atoms with Gasteiger partial charge in [0.05, 0.1) is 13.2 Å². The van der Waals surface area contributed by atoms with Gasteiger partial charge in [0.15, 0.2) is 0 Å².